The molecular weight excluding hydrogens is 567 g/mol. The third-order valence-corrected chi connectivity index (χ3v) is 9.38. The van der Waals surface area contributed by atoms with Gasteiger partial charge in [-0.3, -0.25) is 19.3 Å². The number of fused-ring (bicyclic) bond motifs is 1. The molecule has 2 fully saturated rings. The van der Waals surface area contributed by atoms with E-state index in [0.717, 1.165) is 12.1 Å². The van der Waals surface area contributed by atoms with Crippen molar-refractivity contribution in [1.82, 2.24) is 14.8 Å². The number of benzene rings is 2. The van der Waals surface area contributed by atoms with E-state index in [1.807, 2.05) is 21.2 Å². The van der Waals surface area contributed by atoms with Gasteiger partial charge in [0.05, 0.1) is 28.4 Å². The highest BCUT2D eigenvalue weighted by Crippen LogP contribution is 2.38. The Balaban J connectivity index is 1.08. The van der Waals surface area contributed by atoms with Crippen LogP contribution in [0.3, 0.4) is 0 Å². The molecule has 3 amide bonds. The predicted molar refractivity (Wildman–Crippen MR) is 153 cm³/mol. The number of carbonyl (C=O) groups is 3. The number of hydrogen-bond acceptors (Lipinski definition) is 7. The number of anilines is 2. The van der Waals surface area contributed by atoms with Crippen molar-refractivity contribution in [2.24, 2.45) is 5.92 Å². The standard InChI is InChI=1S/C30H30F3N5O3S/c1-19(26-34-10-17-42-26)38-28(40)23-6-3-7-24(25(23)29(38)41)36-11-8-20(9-12-36)27(39)37-15-13-35(14-16-37)22-5-2-4-21(18-22)30(31,32)33/h2-7,10,17-20H,8-9,11-16H2,1H3. The largest absolute Gasteiger partial charge is 0.416 e. The molecule has 0 aliphatic carbocycles. The molecule has 3 aliphatic rings. The molecule has 8 nitrogen and oxygen atoms in total. The maximum atomic E-state index is 13.5. The zero-order chi connectivity index (χ0) is 29.6. The van der Waals surface area contributed by atoms with Crippen LogP contribution in [0.1, 0.15) is 57.1 Å². The first-order valence-electron chi connectivity index (χ1n) is 14.0. The Morgan fingerprint density at radius 2 is 1.67 bits per heavy atom. The van der Waals surface area contributed by atoms with Crippen LogP contribution in [0.15, 0.2) is 54.0 Å². The summed E-state index contributed by atoms with van der Waals surface area (Å²) in [6.07, 6.45) is -1.53. The Kier molecular flexibility index (Phi) is 7.42. The van der Waals surface area contributed by atoms with Gasteiger partial charge in [0.1, 0.15) is 5.01 Å². The van der Waals surface area contributed by atoms with Gasteiger partial charge < -0.3 is 14.7 Å². The molecule has 12 heteroatoms. The number of amides is 3. The molecule has 1 atom stereocenters. The molecule has 1 aromatic heterocycles. The second-order valence-corrected chi connectivity index (χ2v) is 11.8. The van der Waals surface area contributed by atoms with Crippen LogP contribution in [0, 0.1) is 5.92 Å². The second-order valence-electron chi connectivity index (χ2n) is 10.8. The van der Waals surface area contributed by atoms with E-state index in [2.05, 4.69) is 9.88 Å². The summed E-state index contributed by atoms with van der Waals surface area (Å²) in [7, 11) is 0. The Morgan fingerprint density at radius 1 is 0.952 bits per heavy atom. The molecule has 0 N–H and O–H groups in total. The summed E-state index contributed by atoms with van der Waals surface area (Å²) in [5.74, 6) is -0.762. The van der Waals surface area contributed by atoms with Crippen LogP contribution in [0.4, 0.5) is 24.5 Å². The number of nitrogens with zero attached hydrogens (tertiary/aromatic N) is 5. The molecule has 3 aromatic rings. The summed E-state index contributed by atoms with van der Waals surface area (Å²) in [6, 6.07) is 10.2. The van der Waals surface area contributed by atoms with Crippen molar-refractivity contribution in [1.29, 1.82) is 0 Å². The first-order valence-corrected chi connectivity index (χ1v) is 14.9. The number of rotatable bonds is 5. The number of halogens is 3. The molecule has 4 heterocycles. The summed E-state index contributed by atoms with van der Waals surface area (Å²) in [4.78, 5) is 51.5. The topological polar surface area (TPSA) is 77.1 Å². The van der Waals surface area contributed by atoms with E-state index in [-0.39, 0.29) is 23.6 Å². The fourth-order valence-corrected chi connectivity index (χ4v) is 6.83. The predicted octanol–water partition coefficient (Wildman–Crippen LogP) is 5.08. The van der Waals surface area contributed by atoms with E-state index >= 15 is 0 Å². The highest BCUT2D eigenvalue weighted by Gasteiger charge is 2.42. The van der Waals surface area contributed by atoms with Crippen LogP contribution in [-0.2, 0) is 11.0 Å². The Bertz CT molecular complexity index is 1500. The summed E-state index contributed by atoms with van der Waals surface area (Å²) in [5, 5.41) is 2.51. The zero-order valence-corrected chi connectivity index (χ0v) is 23.8. The lowest BCUT2D eigenvalue weighted by atomic mass is 9.93. The zero-order valence-electron chi connectivity index (χ0n) is 23.0. The second kappa shape index (κ2) is 11.0. The average molecular weight is 598 g/mol. The number of hydrogen-bond donors (Lipinski definition) is 0. The molecule has 220 valence electrons. The Hall–Kier alpha value is -3.93. The van der Waals surface area contributed by atoms with Gasteiger partial charge in [0.25, 0.3) is 11.8 Å². The number of aromatic nitrogens is 1. The van der Waals surface area contributed by atoms with Gasteiger partial charge in [-0.2, -0.15) is 13.2 Å². The molecule has 42 heavy (non-hydrogen) atoms. The van der Waals surface area contributed by atoms with Gasteiger partial charge in [0, 0.05) is 62.5 Å². The molecule has 6 rings (SSSR count). The SMILES string of the molecule is CC(c1nccs1)N1C(=O)c2cccc(N3CCC(C(=O)N4CCN(c5cccc(C(F)(F)F)c5)CC4)CC3)c2C1=O. The highest BCUT2D eigenvalue weighted by atomic mass is 32.1. The first kappa shape index (κ1) is 28.2. The van der Waals surface area contributed by atoms with Crippen molar-refractivity contribution in [3.05, 3.63) is 75.7 Å². The van der Waals surface area contributed by atoms with Gasteiger partial charge in [0.2, 0.25) is 5.91 Å². The minimum Gasteiger partial charge on any atom is -0.371 e. The number of piperazine rings is 1. The van der Waals surface area contributed by atoms with E-state index in [0.29, 0.717) is 79.6 Å². The molecule has 3 aliphatic heterocycles. The lowest BCUT2D eigenvalue weighted by Crippen LogP contribution is -2.51. The third-order valence-electron chi connectivity index (χ3n) is 8.44. The first-order chi connectivity index (χ1) is 20.1. The normalized spacial score (nSPS) is 19.0. The Labute approximate surface area is 245 Å². The van der Waals surface area contributed by atoms with Gasteiger partial charge in [-0.25, -0.2) is 4.98 Å². The van der Waals surface area contributed by atoms with Crippen molar-refractivity contribution in [3.8, 4) is 0 Å². The van der Waals surface area contributed by atoms with Gasteiger partial charge in [-0.15, -0.1) is 11.3 Å². The van der Waals surface area contributed by atoms with Crippen LogP contribution < -0.4 is 9.80 Å². The summed E-state index contributed by atoms with van der Waals surface area (Å²) >= 11 is 1.40. The van der Waals surface area contributed by atoms with Crippen molar-refractivity contribution in [3.63, 3.8) is 0 Å². The fraction of sp³-hybridized carbons (Fsp3) is 0.400. The maximum Gasteiger partial charge on any atom is 0.416 e. The smallest absolute Gasteiger partial charge is 0.371 e. The van der Waals surface area contributed by atoms with Gasteiger partial charge in [-0.1, -0.05) is 12.1 Å². The number of carbonyl (C=O) groups excluding carboxylic acids is 3. The monoisotopic (exact) mass is 597 g/mol. The third kappa shape index (κ3) is 5.12. The van der Waals surface area contributed by atoms with E-state index in [1.165, 1.54) is 22.3 Å². The number of thiazole rings is 1. The number of alkyl halides is 3. The lowest BCUT2D eigenvalue weighted by Gasteiger charge is -2.40. The van der Waals surface area contributed by atoms with E-state index in [9.17, 15) is 27.6 Å². The summed E-state index contributed by atoms with van der Waals surface area (Å²) in [5.41, 5.74) is 1.33. The lowest BCUT2D eigenvalue weighted by molar-refractivity contribution is -0.137. The molecule has 1 unspecified atom stereocenters. The fourth-order valence-electron chi connectivity index (χ4n) is 6.14. The molecule has 0 bridgehead atoms. The minimum atomic E-state index is -4.40. The van der Waals surface area contributed by atoms with Gasteiger partial charge in [-0.05, 0) is 50.1 Å². The Morgan fingerprint density at radius 3 is 2.33 bits per heavy atom. The summed E-state index contributed by atoms with van der Waals surface area (Å²) < 4.78 is 39.4. The maximum absolute atomic E-state index is 13.5. The molecule has 2 saturated heterocycles. The molecule has 0 saturated carbocycles. The molecule has 2 aromatic carbocycles. The van der Waals surface area contributed by atoms with Crippen LogP contribution in [-0.4, -0.2) is 71.8 Å². The van der Waals surface area contributed by atoms with Gasteiger partial charge in [0.15, 0.2) is 0 Å². The molecular formula is C30H30F3N5O3S. The van der Waals surface area contributed by atoms with Crippen LogP contribution in [0.5, 0.6) is 0 Å². The van der Waals surface area contributed by atoms with Crippen LogP contribution in [0.2, 0.25) is 0 Å². The van der Waals surface area contributed by atoms with Crippen molar-refractivity contribution in [2.45, 2.75) is 32.0 Å². The highest BCUT2D eigenvalue weighted by molar-refractivity contribution is 7.09. The summed E-state index contributed by atoms with van der Waals surface area (Å²) in [6.45, 7) is 4.77. The average Bonchev–Trinajstić information content (AvgIpc) is 3.63. The quantitative estimate of drug-likeness (QED) is 0.382. The minimum absolute atomic E-state index is 0.0614. The van der Waals surface area contributed by atoms with Crippen LogP contribution in [0.25, 0.3) is 0 Å². The van der Waals surface area contributed by atoms with E-state index in [1.54, 1.807) is 31.3 Å². The molecule has 0 radical (unpaired) electrons. The van der Waals surface area contributed by atoms with Gasteiger partial charge >= 0.3 is 6.18 Å². The van der Waals surface area contributed by atoms with E-state index in [4.69, 9.17) is 0 Å². The molecule has 0 spiro atoms. The van der Waals surface area contributed by atoms with Crippen molar-refractivity contribution < 1.29 is 27.6 Å². The number of piperidine rings is 1. The number of imide groups is 1. The van der Waals surface area contributed by atoms with Crippen molar-refractivity contribution in [2.75, 3.05) is 49.1 Å². The van der Waals surface area contributed by atoms with E-state index < -0.39 is 17.8 Å². The van der Waals surface area contributed by atoms with Crippen LogP contribution >= 0.6 is 11.3 Å². The van der Waals surface area contributed by atoms with Crippen molar-refractivity contribution >= 4 is 40.4 Å².